The lowest BCUT2D eigenvalue weighted by Gasteiger charge is -2.24. The lowest BCUT2D eigenvalue weighted by Crippen LogP contribution is -2.46. The van der Waals surface area contributed by atoms with Gasteiger partial charge in [0.15, 0.2) is 0 Å². The van der Waals surface area contributed by atoms with Gasteiger partial charge in [-0.05, 0) is 37.5 Å². The fraction of sp³-hybridized carbons (Fsp3) is 0.429. The fourth-order valence-corrected chi connectivity index (χ4v) is 2.63. The number of hydrogen-bond acceptors (Lipinski definition) is 2. The van der Waals surface area contributed by atoms with Crippen molar-refractivity contribution in [1.82, 2.24) is 10.2 Å². The van der Waals surface area contributed by atoms with Crippen LogP contribution in [0.3, 0.4) is 0 Å². The molecule has 1 heterocycles. The van der Waals surface area contributed by atoms with Crippen molar-refractivity contribution in [2.45, 2.75) is 31.8 Å². The van der Waals surface area contributed by atoms with Crippen molar-refractivity contribution in [3.05, 3.63) is 34.3 Å². The molecular formula is C14H17BrN2O3. The lowest BCUT2D eigenvalue weighted by molar-refractivity contribution is -0.141. The van der Waals surface area contributed by atoms with Crippen molar-refractivity contribution in [1.29, 1.82) is 0 Å². The van der Waals surface area contributed by atoms with E-state index in [0.717, 1.165) is 16.5 Å². The Labute approximate surface area is 126 Å². The molecule has 0 spiro atoms. The van der Waals surface area contributed by atoms with Crippen LogP contribution in [0.2, 0.25) is 0 Å². The molecule has 1 aromatic rings. The number of urea groups is 1. The monoisotopic (exact) mass is 340 g/mol. The Balaban J connectivity index is 2.00. The molecule has 1 aliphatic rings. The third-order valence-electron chi connectivity index (χ3n) is 3.51. The number of nitrogens with zero attached hydrogens (tertiary/aromatic N) is 1. The SMILES string of the molecule is CC(NC(=O)N1CCC[C@H]1C(=O)O)c1ccc(Br)cc1. The number of carboxylic acids is 1. The Morgan fingerprint density at radius 2 is 2.05 bits per heavy atom. The summed E-state index contributed by atoms with van der Waals surface area (Å²) < 4.78 is 0.977. The van der Waals surface area contributed by atoms with Crippen molar-refractivity contribution < 1.29 is 14.7 Å². The Kier molecular flexibility index (Phi) is 4.65. The highest BCUT2D eigenvalue weighted by molar-refractivity contribution is 9.10. The van der Waals surface area contributed by atoms with Crippen LogP contribution >= 0.6 is 15.9 Å². The summed E-state index contributed by atoms with van der Waals surface area (Å²) in [5.41, 5.74) is 0.979. The number of carbonyl (C=O) groups is 2. The zero-order chi connectivity index (χ0) is 14.7. The van der Waals surface area contributed by atoms with Gasteiger partial charge < -0.3 is 15.3 Å². The zero-order valence-corrected chi connectivity index (χ0v) is 12.8. The number of hydrogen-bond donors (Lipinski definition) is 2. The second-order valence-electron chi connectivity index (χ2n) is 4.91. The van der Waals surface area contributed by atoms with Gasteiger partial charge in [0.25, 0.3) is 0 Å². The topological polar surface area (TPSA) is 69.6 Å². The number of carbonyl (C=O) groups excluding carboxylic acids is 1. The quantitative estimate of drug-likeness (QED) is 0.888. The molecule has 2 atom stereocenters. The van der Waals surface area contributed by atoms with Crippen molar-refractivity contribution in [3.63, 3.8) is 0 Å². The van der Waals surface area contributed by atoms with Gasteiger partial charge in [-0.3, -0.25) is 0 Å². The predicted octanol–water partition coefficient (Wildman–Crippen LogP) is 2.77. The van der Waals surface area contributed by atoms with E-state index in [4.69, 9.17) is 5.11 Å². The van der Waals surface area contributed by atoms with Crippen molar-refractivity contribution in [2.75, 3.05) is 6.54 Å². The number of rotatable bonds is 3. The minimum Gasteiger partial charge on any atom is -0.480 e. The summed E-state index contributed by atoms with van der Waals surface area (Å²) in [6.45, 7) is 2.38. The smallest absolute Gasteiger partial charge is 0.326 e. The van der Waals surface area contributed by atoms with Crippen molar-refractivity contribution in [2.24, 2.45) is 0 Å². The van der Waals surface area contributed by atoms with Crippen LogP contribution in [0, 0.1) is 0 Å². The van der Waals surface area contributed by atoms with Gasteiger partial charge in [-0.1, -0.05) is 28.1 Å². The van der Waals surface area contributed by atoms with Gasteiger partial charge in [-0.15, -0.1) is 0 Å². The molecule has 0 saturated carbocycles. The maximum atomic E-state index is 12.2. The van der Waals surface area contributed by atoms with E-state index in [1.165, 1.54) is 4.90 Å². The normalized spacial score (nSPS) is 19.7. The van der Waals surface area contributed by atoms with Crippen LogP contribution in [0.1, 0.15) is 31.4 Å². The van der Waals surface area contributed by atoms with E-state index in [9.17, 15) is 9.59 Å². The molecule has 1 saturated heterocycles. The van der Waals surface area contributed by atoms with E-state index >= 15 is 0 Å². The number of likely N-dealkylation sites (tertiary alicyclic amines) is 1. The van der Waals surface area contributed by atoms with E-state index < -0.39 is 12.0 Å². The fourth-order valence-electron chi connectivity index (χ4n) is 2.37. The Bertz CT molecular complexity index is 504. The standard InChI is InChI=1S/C14H17BrN2O3/c1-9(10-4-6-11(15)7-5-10)16-14(20)17-8-2-3-12(17)13(18)19/h4-7,9,12H,2-3,8H2,1H3,(H,16,20)(H,18,19)/t9?,12-/m0/s1. The Hall–Kier alpha value is -1.56. The van der Waals surface area contributed by atoms with Crippen LogP contribution in [0.4, 0.5) is 4.79 Å². The van der Waals surface area contributed by atoms with Gasteiger partial charge >= 0.3 is 12.0 Å². The van der Waals surface area contributed by atoms with Crippen molar-refractivity contribution >= 4 is 27.9 Å². The summed E-state index contributed by atoms with van der Waals surface area (Å²) in [6, 6.07) is 6.49. The van der Waals surface area contributed by atoms with Crippen LogP contribution in [-0.4, -0.2) is 34.6 Å². The number of aliphatic carboxylic acids is 1. The van der Waals surface area contributed by atoms with Gasteiger partial charge in [-0.25, -0.2) is 9.59 Å². The van der Waals surface area contributed by atoms with E-state index in [2.05, 4.69) is 21.2 Å². The van der Waals surface area contributed by atoms with Gasteiger partial charge in [0.05, 0.1) is 6.04 Å². The van der Waals surface area contributed by atoms with Crippen LogP contribution in [0.15, 0.2) is 28.7 Å². The summed E-state index contributed by atoms with van der Waals surface area (Å²) in [4.78, 5) is 24.6. The molecule has 20 heavy (non-hydrogen) atoms. The van der Waals surface area contributed by atoms with E-state index in [0.29, 0.717) is 13.0 Å². The first-order valence-corrected chi connectivity index (χ1v) is 7.33. The average molecular weight is 341 g/mol. The second-order valence-corrected chi connectivity index (χ2v) is 5.83. The largest absolute Gasteiger partial charge is 0.480 e. The second kappa shape index (κ2) is 6.26. The number of amides is 2. The summed E-state index contributed by atoms with van der Waals surface area (Å²) in [5, 5.41) is 11.9. The number of halogens is 1. The first-order chi connectivity index (χ1) is 9.49. The molecule has 108 valence electrons. The zero-order valence-electron chi connectivity index (χ0n) is 11.2. The molecular weight excluding hydrogens is 324 g/mol. The first-order valence-electron chi connectivity index (χ1n) is 6.54. The highest BCUT2D eigenvalue weighted by Gasteiger charge is 2.34. The highest BCUT2D eigenvalue weighted by Crippen LogP contribution is 2.20. The van der Waals surface area contributed by atoms with Gasteiger partial charge in [-0.2, -0.15) is 0 Å². The summed E-state index contributed by atoms with van der Waals surface area (Å²) in [5.74, 6) is -0.936. The van der Waals surface area contributed by atoms with Crippen LogP contribution in [-0.2, 0) is 4.79 Å². The highest BCUT2D eigenvalue weighted by atomic mass is 79.9. The third-order valence-corrected chi connectivity index (χ3v) is 4.04. The number of benzene rings is 1. The van der Waals surface area contributed by atoms with Crippen LogP contribution in [0.5, 0.6) is 0 Å². The molecule has 0 aromatic heterocycles. The molecule has 1 aromatic carbocycles. The molecule has 2 amide bonds. The minimum atomic E-state index is -0.936. The molecule has 6 heteroatoms. The van der Waals surface area contributed by atoms with Gasteiger partial charge in [0.2, 0.25) is 0 Å². The molecule has 0 bridgehead atoms. The van der Waals surface area contributed by atoms with Gasteiger partial charge in [0, 0.05) is 11.0 Å². The molecule has 5 nitrogen and oxygen atoms in total. The summed E-state index contributed by atoms with van der Waals surface area (Å²) in [7, 11) is 0. The average Bonchev–Trinajstić information content (AvgIpc) is 2.88. The minimum absolute atomic E-state index is 0.161. The number of carboxylic acid groups (broad SMARTS) is 1. The molecule has 0 aliphatic carbocycles. The van der Waals surface area contributed by atoms with E-state index in [-0.39, 0.29) is 12.1 Å². The van der Waals surface area contributed by atoms with Crippen LogP contribution in [0.25, 0.3) is 0 Å². The van der Waals surface area contributed by atoms with Gasteiger partial charge in [0.1, 0.15) is 6.04 Å². The van der Waals surface area contributed by atoms with E-state index in [1.807, 2.05) is 31.2 Å². The molecule has 2 N–H and O–H groups in total. The maximum Gasteiger partial charge on any atom is 0.326 e. The first kappa shape index (κ1) is 14.8. The van der Waals surface area contributed by atoms with E-state index in [1.54, 1.807) is 0 Å². The Morgan fingerprint density at radius 1 is 1.40 bits per heavy atom. The molecule has 1 aliphatic heterocycles. The molecule has 1 unspecified atom stereocenters. The predicted molar refractivity (Wildman–Crippen MR) is 78.5 cm³/mol. The lowest BCUT2D eigenvalue weighted by atomic mass is 10.1. The molecule has 0 radical (unpaired) electrons. The van der Waals surface area contributed by atoms with Crippen molar-refractivity contribution in [3.8, 4) is 0 Å². The number of nitrogens with one attached hydrogen (secondary N) is 1. The Morgan fingerprint density at radius 3 is 2.65 bits per heavy atom. The summed E-state index contributed by atoms with van der Waals surface area (Å²) in [6.07, 6.45) is 1.26. The third kappa shape index (κ3) is 3.30. The molecule has 2 rings (SSSR count). The molecule has 1 fully saturated rings. The van der Waals surface area contributed by atoms with Crippen LogP contribution < -0.4 is 5.32 Å². The summed E-state index contributed by atoms with van der Waals surface area (Å²) >= 11 is 3.36. The maximum absolute atomic E-state index is 12.2.